The van der Waals surface area contributed by atoms with Crippen LogP contribution in [0.25, 0.3) is 83.1 Å². The van der Waals surface area contributed by atoms with Crippen LogP contribution in [0.1, 0.15) is 0 Å². The second-order valence-electron chi connectivity index (χ2n) is 15.6. The molecule has 0 aliphatic rings. The summed E-state index contributed by atoms with van der Waals surface area (Å²) in [7, 11) is 0. The lowest BCUT2D eigenvalue weighted by Crippen LogP contribution is -2.13. The Labute approximate surface area is 362 Å². The van der Waals surface area contributed by atoms with Crippen molar-refractivity contribution in [3.05, 3.63) is 255 Å². The molecule has 0 saturated heterocycles. The van der Waals surface area contributed by atoms with Crippen molar-refractivity contribution in [1.29, 1.82) is 0 Å². The lowest BCUT2D eigenvalue weighted by atomic mass is 9.92. The number of aromatic nitrogens is 1. The Balaban J connectivity index is 1.22. The van der Waals surface area contributed by atoms with Gasteiger partial charge in [0.05, 0.1) is 33.8 Å². The lowest BCUT2D eigenvalue weighted by molar-refractivity contribution is 1.18. The molecule has 0 radical (unpaired) electrons. The number of hydrogen-bond donors (Lipinski definition) is 0. The molecule has 0 fully saturated rings. The summed E-state index contributed by atoms with van der Waals surface area (Å²) in [6, 6.07) is 92.2. The summed E-state index contributed by atoms with van der Waals surface area (Å²) in [4.78, 5) is 2.51. The van der Waals surface area contributed by atoms with Gasteiger partial charge in [-0.2, -0.15) is 0 Å². The van der Waals surface area contributed by atoms with E-state index < -0.39 is 0 Å². The van der Waals surface area contributed by atoms with Crippen LogP contribution in [0.3, 0.4) is 0 Å². The van der Waals surface area contributed by atoms with E-state index in [1.54, 1.807) is 0 Å². The van der Waals surface area contributed by atoms with Gasteiger partial charge in [-0.05, 0) is 81.4 Å². The Bertz CT molecular complexity index is 3330. The number of rotatable bonds is 9. The minimum Gasteiger partial charge on any atom is -0.309 e. The van der Waals surface area contributed by atoms with Crippen LogP contribution in [0.15, 0.2) is 255 Å². The van der Waals surface area contributed by atoms with Gasteiger partial charge in [0.1, 0.15) is 0 Å². The summed E-state index contributed by atoms with van der Waals surface area (Å²) in [6.45, 7) is 0. The second kappa shape index (κ2) is 16.1. The predicted molar refractivity (Wildman–Crippen MR) is 263 cm³/mol. The quantitative estimate of drug-likeness (QED) is 0.141. The minimum atomic E-state index is 1.10. The highest BCUT2D eigenvalue weighted by atomic mass is 15.2. The number of nitrogens with zero attached hydrogens (tertiary/aromatic N) is 2. The molecule has 0 atom stereocenters. The molecule has 1 aromatic heterocycles. The van der Waals surface area contributed by atoms with Crippen molar-refractivity contribution in [1.82, 2.24) is 4.57 Å². The van der Waals surface area contributed by atoms with E-state index in [9.17, 15) is 0 Å². The van der Waals surface area contributed by atoms with Crippen LogP contribution < -0.4 is 4.90 Å². The molecule has 2 nitrogen and oxygen atoms in total. The molecule has 0 unspecified atom stereocenters. The van der Waals surface area contributed by atoms with Crippen molar-refractivity contribution in [3.63, 3.8) is 0 Å². The minimum absolute atomic E-state index is 1.10. The molecule has 0 aliphatic heterocycles. The SMILES string of the molecule is c1ccc(-c2ccc(-n3c4ccccc4c4c(N(c5ccccc5-c5ccccc5)c5ccccc5-c5ccccc5-c5ccccc5)cccc43)c(-c3ccccc3)c2)cc1. The Morgan fingerprint density at radius 3 is 1.37 bits per heavy atom. The Morgan fingerprint density at radius 2 is 0.710 bits per heavy atom. The summed E-state index contributed by atoms with van der Waals surface area (Å²) in [5, 5.41) is 2.37. The normalized spacial score (nSPS) is 11.2. The van der Waals surface area contributed by atoms with Gasteiger partial charge < -0.3 is 9.47 Å². The molecule has 0 N–H and O–H groups in total. The average molecular weight is 791 g/mol. The fourth-order valence-corrected chi connectivity index (χ4v) is 9.24. The monoisotopic (exact) mass is 790 g/mol. The highest BCUT2D eigenvalue weighted by molar-refractivity contribution is 6.18. The van der Waals surface area contributed by atoms with Crippen molar-refractivity contribution in [3.8, 4) is 61.3 Å². The maximum Gasteiger partial charge on any atom is 0.0562 e. The third-order valence-corrected chi connectivity index (χ3v) is 12.0. The maximum atomic E-state index is 2.51. The van der Waals surface area contributed by atoms with Crippen LogP contribution in [-0.4, -0.2) is 4.57 Å². The number of para-hydroxylation sites is 3. The van der Waals surface area contributed by atoms with Gasteiger partial charge in [-0.3, -0.25) is 0 Å². The van der Waals surface area contributed by atoms with Crippen molar-refractivity contribution < 1.29 is 0 Å². The number of benzene rings is 10. The number of hydrogen-bond acceptors (Lipinski definition) is 1. The molecule has 0 bridgehead atoms. The van der Waals surface area contributed by atoms with Gasteiger partial charge in [0.25, 0.3) is 0 Å². The molecule has 0 saturated carbocycles. The topological polar surface area (TPSA) is 8.17 Å². The fourth-order valence-electron chi connectivity index (χ4n) is 9.24. The largest absolute Gasteiger partial charge is 0.309 e. The predicted octanol–water partition coefficient (Wildman–Crippen LogP) is 16.6. The first-order valence-electron chi connectivity index (χ1n) is 21.3. The molecular weight excluding hydrogens is 749 g/mol. The highest BCUT2D eigenvalue weighted by Gasteiger charge is 2.26. The van der Waals surface area contributed by atoms with Gasteiger partial charge in [-0.1, -0.05) is 212 Å². The van der Waals surface area contributed by atoms with E-state index in [0.717, 1.165) is 50.5 Å². The van der Waals surface area contributed by atoms with E-state index in [1.807, 2.05) is 0 Å². The van der Waals surface area contributed by atoms with E-state index in [0.29, 0.717) is 0 Å². The van der Waals surface area contributed by atoms with E-state index in [-0.39, 0.29) is 0 Å². The molecule has 0 amide bonds. The molecule has 292 valence electrons. The summed E-state index contributed by atoms with van der Waals surface area (Å²) in [5.41, 5.74) is 18.5. The zero-order valence-corrected chi connectivity index (χ0v) is 34.1. The van der Waals surface area contributed by atoms with Crippen molar-refractivity contribution in [2.24, 2.45) is 0 Å². The smallest absolute Gasteiger partial charge is 0.0562 e. The Morgan fingerprint density at radius 1 is 0.258 bits per heavy atom. The first kappa shape index (κ1) is 36.8. The molecule has 2 heteroatoms. The molecule has 1 heterocycles. The van der Waals surface area contributed by atoms with Crippen molar-refractivity contribution in [2.75, 3.05) is 4.90 Å². The number of fused-ring (bicyclic) bond motifs is 3. The first-order chi connectivity index (χ1) is 30.8. The molecule has 0 spiro atoms. The molecule has 11 aromatic rings. The molecule has 10 aromatic carbocycles. The van der Waals surface area contributed by atoms with E-state index in [4.69, 9.17) is 0 Å². The summed E-state index contributed by atoms with van der Waals surface area (Å²) in [6.07, 6.45) is 0. The summed E-state index contributed by atoms with van der Waals surface area (Å²) < 4.78 is 2.48. The first-order valence-corrected chi connectivity index (χ1v) is 21.3. The highest BCUT2D eigenvalue weighted by Crippen LogP contribution is 2.50. The molecule has 0 aliphatic carbocycles. The second-order valence-corrected chi connectivity index (χ2v) is 15.6. The lowest BCUT2D eigenvalue weighted by Gasteiger charge is -2.31. The van der Waals surface area contributed by atoms with Gasteiger partial charge >= 0.3 is 0 Å². The summed E-state index contributed by atoms with van der Waals surface area (Å²) in [5.74, 6) is 0. The Hall–Kier alpha value is -8.20. The molecular formula is C60H42N2. The average Bonchev–Trinajstić information content (AvgIpc) is 3.70. The zero-order chi connectivity index (χ0) is 41.2. The van der Waals surface area contributed by atoms with Crippen LogP contribution in [0.4, 0.5) is 17.1 Å². The van der Waals surface area contributed by atoms with Crippen LogP contribution in [-0.2, 0) is 0 Å². The summed E-state index contributed by atoms with van der Waals surface area (Å²) >= 11 is 0. The van der Waals surface area contributed by atoms with Gasteiger partial charge in [0, 0.05) is 27.5 Å². The van der Waals surface area contributed by atoms with Crippen LogP contribution >= 0.6 is 0 Å². The number of anilines is 3. The van der Waals surface area contributed by atoms with Crippen LogP contribution in [0.5, 0.6) is 0 Å². The third-order valence-electron chi connectivity index (χ3n) is 12.0. The van der Waals surface area contributed by atoms with E-state index in [2.05, 4.69) is 264 Å². The van der Waals surface area contributed by atoms with Gasteiger partial charge in [0.15, 0.2) is 0 Å². The van der Waals surface area contributed by atoms with Gasteiger partial charge in [0.2, 0.25) is 0 Å². The molecule has 62 heavy (non-hydrogen) atoms. The van der Waals surface area contributed by atoms with E-state index in [1.165, 1.54) is 49.7 Å². The zero-order valence-electron chi connectivity index (χ0n) is 34.1. The van der Waals surface area contributed by atoms with Crippen LogP contribution in [0.2, 0.25) is 0 Å². The maximum absolute atomic E-state index is 2.51. The van der Waals surface area contributed by atoms with E-state index >= 15 is 0 Å². The molecule has 11 rings (SSSR count). The van der Waals surface area contributed by atoms with Crippen molar-refractivity contribution >= 4 is 38.9 Å². The fraction of sp³-hybridized carbons (Fsp3) is 0. The third kappa shape index (κ3) is 6.56. The standard InChI is InChI=1S/C60H42N2/c1-5-22-43(23-6-1)47-40-41-57(53(42-47)46-28-11-4-12-29-46)62-56-37-20-17-34-52(56)60-58(38-21-39-59(60)62)61(54-35-18-15-31-49(54)45-26-9-3-10-27-45)55-36-19-16-33-51(55)50-32-14-13-30-48(50)44-24-7-2-8-25-44/h1-42H. The van der Waals surface area contributed by atoms with Crippen molar-refractivity contribution in [2.45, 2.75) is 0 Å². The van der Waals surface area contributed by atoms with Gasteiger partial charge in [-0.25, -0.2) is 0 Å². The van der Waals surface area contributed by atoms with Gasteiger partial charge in [-0.15, -0.1) is 0 Å². The van der Waals surface area contributed by atoms with Crippen LogP contribution in [0, 0.1) is 0 Å². The Kier molecular flexibility index (Phi) is 9.57.